The molecule has 0 bridgehead atoms. The minimum absolute atomic E-state index is 0.0365. The zero-order valence-electron chi connectivity index (χ0n) is 10.8. The van der Waals surface area contributed by atoms with E-state index >= 15 is 0 Å². The molecular formula is C13H17NO5. The summed E-state index contributed by atoms with van der Waals surface area (Å²) in [5.41, 5.74) is 0.769. The van der Waals surface area contributed by atoms with Crippen molar-refractivity contribution < 1.29 is 19.6 Å². The molecule has 0 atom stereocenters. The van der Waals surface area contributed by atoms with Gasteiger partial charge in [-0.2, -0.15) is 0 Å². The van der Waals surface area contributed by atoms with Crippen molar-refractivity contribution in [2.75, 3.05) is 6.61 Å². The fourth-order valence-electron chi connectivity index (χ4n) is 1.63. The van der Waals surface area contributed by atoms with Crippen molar-refractivity contribution in [2.45, 2.75) is 32.6 Å². The first-order valence-electron chi connectivity index (χ1n) is 6.10. The van der Waals surface area contributed by atoms with Crippen LogP contribution in [-0.2, 0) is 4.79 Å². The Hall–Kier alpha value is -2.11. The molecule has 104 valence electrons. The first-order chi connectivity index (χ1) is 9.00. The van der Waals surface area contributed by atoms with Crippen molar-refractivity contribution in [3.63, 3.8) is 0 Å². The minimum Gasteiger partial charge on any atom is -0.487 e. The normalized spacial score (nSPS) is 10.2. The first-order valence-corrected chi connectivity index (χ1v) is 6.10. The highest BCUT2D eigenvalue weighted by atomic mass is 16.6. The third kappa shape index (κ3) is 5.37. The second-order valence-electron chi connectivity index (χ2n) is 4.28. The number of carboxylic acids is 1. The highest BCUT2D eigenvalue weighted by molar-refractivity contribution is 5.66. The molecule has 0 aliphatic carbocycles. The molecule has 0 amide bonds. The van der Waals surface area contributed by atoms with Gasteiger partial charge in [-0.1, -0.05) is 6.07 Å². The van der Waals surface area contributed by atoms with Gasteiger partial charge in [0, 0.05) is 12.5 Å². The lowest BCUT2D eigenvalue weighted by atomic mass is 10.2. The number of nitro benzene ring substituents is 1. The average molecular weight is 267 g/mol. The largest absolute Gasteiger partial charge is 0.487 e. The van der Waals surface area contributed by atoms with Crippen LogP contribution in [0.5, 0.6) is 5.75 Å². The zero-order chi connectivity index (χ0) is 14.3. The molecule has 0 aliphatic heterocycles. The molecule has 0 saturated carbocycles. The van der Waals surface area contributed by atoms with Gasteiger partial charge in [0.1, 0.15) is 0 Å². The number of hydrogen-bond donors (Lipinski definition) is 1. The van der Waals surface area contributed by atoms with Crippen molar-refractivity contribution in [3.8, 4) is 5.75 Å². The van der Waals surface area contributed by atoms with Gasteiger partial charge < -0.3 is 9.84 Å². The van der Waals surface area contributed by atoms with Gasteiger partial charge >= 0.3 is 11.7 Å². The number of hydrogen-bond acceptors (Lipinski definition) is 4. The van der Waals surface area contributed by atoms with Gasteiger partial charge in [-0.15, -0.1) is 0 Å². The Balaban J connectivity index is 2.41. The lowest BCUT2D eigenvalue weighted by Gasteiger charge is -2.07. The Bertz CT molecular complexity index is 458. The van der Waals surface area contributed by atoms with Crippen LogP contribution in [0, 0.1) is 17.0 Å². The Kier molecular flexibility index (Phi) is 5.78. The van der Waals surface area contributed by atoms with Crippen LogP contribution in [0.4, 0.5) is 5.69 Å². The van der Waals surface area contributed by atoms with Crippen LogP contribution in [0.3, 0.4) is 0 Å². The number of nitrogens with zero attached hydrogens (tertiary/aromatic N) is 1. The molecule has 0 fully saturated rings. The summed E-state index contributed by atoms with van der Waals surface area (Å²) in [4.78, 5) is 20.7. The number of carboxylic acid groups (broad SMARTS) is 1. The smallest absolute Gasteiger partial charge is 0.311 e. The number of nitro groups is 1. The van der Waals surface area contributed by atoms with Gasteiger partial charge in [0.25, 0.3) is 0 Å². The first kappa shape index (κ1) is 14.9. The molecule has 6 nitrogen and oxygen atoms in total. The van der Waals surface area contributed by atoms with E-state index in [1.54, 1.807) is 19.1 Å². The maximum atomic E-state index is 10.8. The molecule has 0 aromatic heterocycles. The molecule has 0 radical (unpaired) electrons. The van der Waals surface area contributed by atoms with Crippen LogP contribution >= 0.6 is 0 Å². The second kappa shape index (κ2) is 7.35. The molecule has 1 aromatic carbocycles. The Morgan fingerprint density at radius 2 is 2.11 bits per heavy atom. The van der Waals surface area contributed by atoms with E-state index in [1.807, 2.05) is 0 Å². The van der Waals surface area contributed by atoms with Crippen LogP contribution in [0.2, 0.25) is 0 Å². The van der Waals surface area contributed by atoms with E-state index in [1.165, 1.54) is 6.07 Å². The summed E-state index contributed by atoms with van der Waals surface area (Å²) in [7, 11) is 0. The van der Waals surface area contributed by atoms with Crippen LogP contribution in [0.25, 0.3) is 0 Å². The summed E-state index contributed by atoms with van der Waals surface area (Å²) in [6.07, 6.45) is 2.14. The number of unbranched alkanes of at least 4 members (excludes halogenated alkanes) is 2. The van der Waals surface area contributed by atoms with Crippen molar-refractivity contribution >= 4 is 11.7 Å². The van der Waals surface area contributed by atoms with Crippen molar-refractivity contribution in [1.82, 2.24) is 0 Å². The summed E-state index contributed by atoms with van der Waals surface area (Å²) in [5, 5.41) is 19.3. The number of rotatable bonds is 8. The molecule has 6 heteroatoms. The number of aryl methyl sites for hydroxylation is 1. The average Bonchev–Trinajstić information content (AvgIpc) is 2.34. The summed E-state index contributed by atoms with van der Waals surface area (Å²) >= 11 is 0. The standard InChI is InChI=1S/C13H17NO5/c1-10-6-7-12(11(9-10)14(17)18)19-8-4-2-3-5-13(15)16/h6-7,9H,2-5,8H2,1H3,(H,15,16). The maximum absolute atomic E-state index is 10.8. The Morgan fingerprint density at radius 1 is 1.37 bits per heavy atom. The van der Waals surface area contributed by atoms with Crippen LogP contribution in [0.15, 0.2) is 18.2 Å². The van der Waals surface area contributed by atoms with Gasteiger partial charge in [0.2, 0.25) is 0 Å². The van der Waals surface area contributed by atoms with E-state index in [9.17, 15) is 14.9 Å². The zero-order valence-corrected chi connectivity index (χ0v) is 10.8. The predicted molar refractivity (Wildman–Crippen MR) is 69.4 cm³/mol. The molecule has 0 saturated heterocycles. The van der Waals surface area contributed by atoms with E-state index in [2.05, 4.69) is 0 Å². The molecule has 0 heterocycles. The van der Waals surface area contributed by atoms with Crippen molar-refractivity contribution in [2.24, 2.45) is 0 Å². The topological polar surface area (TPSA) is 89.7 Å². The van der Waals surface area contributed by atoms with Gasteiger partial charge in [-0.05, 0) is 37.8 Å². The summed E-state index contributed by atoms with van der Waals surface area (Å²) < 4.78 is 5.37. The lowest BCUT2D eigenvalue weighted by Crippen LogP contribution is -2.01. The monoisotopic (exact) mass is 267 g/mol. The molecule has 0 spiro atoms. The van der Waals surface area contributed by atoms with Gasteiger partial charge in [0.05, 0.1) is 11.5 Å². The Labute approximate surface area is 111 Å². The fraction of sp³-hybridized carbons (Fsp3) is 0.462. The molecule has 0 aliphatic rings. The summed E-state index contributed by atoms with van der Waals surface area (Å²) in [6.45, 7) is 2.13. The molecule has 1 aromatic rings. The van der Waals surface area contributed by atoms with E-state index in [-0.39, 0.29) is 17.9 Å². The number of aliphatic carboxylic acids is 1. The number of carbonyl (C=O) groups is 1. The molecule has 1 rings (SSSR count). The lowest BCUT2D eigenvalue weighted by molar-refractivity contribution is -0.385. The maximum Gasteiger partial charge on any atom is 0.311 e. The van der Waals surface area contributed by atoms with Crippen LogP contribution < -0.4 is 4.74 Å². The number of ether oxygens (including phenoxy) is 1. The SMILES string of the molecule is Cc1ccc(OCCCCCC(=O)O)c([N+](=O)[O-])c1. The van der Waals surface area contributed by atoms with E-state index < -0.39 is 10.9 Å². The third-order valence-electron chi connectivity index (χ3n) is 2.60. The van der Waals surface area contributed by atoms with Gasteiger partial charge in [0.15, 0.2) is 5.75 Å². The quantitative estimate of drug-likeness (QED) is 0.444. The van der Waals surface area contributed by atoms with Gasteiger partial charge in [-0.3, -0.25) is 14.9 Å². The Morgan fingerprint density at radius 3 is 2.74 bits per heavy atom. The second-order valence-corrected chi connectivity index (χ2v) is 4.28. The molecule has 1 N–H and O–H groups in total. The fourth-order valence-corrected chi connectivity index (χ4v) is 1.63. The van der Waals surface area contributed by atoms with E-state index in [0.717, 1.165) is 12.0 Å². The van der Waals surface area contributed by atoms with Crippen molar-refractivity contribution in [1.29, 1.82) is 0 Å². The van der Waals surface area contributed by atoms with Crippen molar-refractivity contribution in [3.05, 3.63) is 33.9 Å². The van der Waals surface area contributed by atoms with Crippen LogP contribution in [0.1, 0.15) is 31.2 Å². The molecular weight excluding hydrogens is 250 g/mol. The molecule has 19 heavy (non-hydrogen) atoms. The predicted octanol–water partition coefficient (Wildman–Crippen LogP) is 2.93. The highest BCUT2D eigenvalue weighted by Gasteiger charge is 2.14. The van der Waals surface area contributed by atoms with E-state index in [4.69, 9.17) is 9.84 Å². The van der Waals surface area contributed by atoms with Gasteiger partial charge in [-0.25, -0.2) is 0 Å². The third-order valence-corrected chi connectivity index (χ3v) is 2.60. The molecule has 0 unspecified atom stereocenters. The number of benzene rings is 1. The summed E-state index contributed by atoms with van der Waals surface area (Å²) in [6, 6.07) is 4.82. The minimum atomic E-state index is -0.810. The van der Waals surface area contributed by atoms with E-state index in [0.29, 0.717) is 19.4 Å². The van der Waals surface area contributed by atoms with Crippen LogP contribution in [-0.4, -0.2) is 22.6 Å². The highest BCUT2D eigenvalue weighted by Crippen LogP contribution is 2.27. The summed E-state index contributed by atoms with van der Waals surface area (Å²) in [5.74, 6) is -0.552.